The minimum absolute atomic E-state index is 0.0468. The summed E-state index contributed by atoms with van der Waals surface area (Å²) < 4.78 is 50.6. The first-order valence-electron chi connectivity index (χ1n) is 8.77. The number of hydrogen-bond donors (Lipinski definition) is 0. The van der Waals surface area contributed by atoms with Crippen LogP contribution >= 0.6 is 22.6 Å². The summed E-state index contributed by atoms with van der Waals surface area (Å²) in [4.78, 5) is 16.4. The summed E-state index contributed by atoms with van der Waals surface area (Å²) in [5.74, 6) is 0.0841. The first-order valence-corrected chi connectivity index (χ1v) is 9.85. The average molecular weight is 523 g/mol. The highest BCUT2D eigenvalue weighted by Gasteiger charge is 2.30. The van der Waals surface area contributed by atoms with Crippen molar-refractivity contribution in [2.24, 2.45) is 4.99 Å². The van der Waals surface area contributed by atoms with Crippen molar-refractivity contribution in [3.05, 3.63) is 86.3 Å². The van der Waals surface area contributed by atoms with Crippen molar-refractivity contribution in [1.82, 2.24) is 0 Å². The second-order valence-corrected chi connectivity index (χ2v) is 7.74. The number of alkyl halides is 3. The second kappa shape index (κ2) is 7.75. The number of aryl methyl sites for hydroxylation is 1. The van der Waals surface area contributed by atoms with E-state index >= 15 is 0 Å². The Balaban J connectivity index is 1.62. The van der Waals surface area contributed by atoms with Crippen LogP contribution in [-0.4, -0.2) is 11.9 Å². The van der Waals surface area contributed by atoms with Crippen molar-refractivity contribution in [1.29, 1.82) is 0 Å². The van der Waals surface area contributed by atoms with E-state index in [2.05, 4.69) is 27.6 Å². The Morgan fingerprint density at radius 1 is 1.03 bits per heavy atom. The van der Waals surface area contributed by atoms with Crippen LogP contribution in [0.25, 0.3) is 17.4 Å². The minimum atomic E-state index is -4.44. The number of benzene rings is 2. The summed E-state index contributed by atoms with van der Waals surface area (Å²) in [7, 11) is 0. The lowest BCUT2D eigenvalue weighted by Gasteiger charge is -2.07. The molecule has 3 aromatic rings. The van der Waals surface area contributed by atoms with Gasteiger partial charge in [0.15, 0.2) is 5.70 Å². The quantitative estimate of drug-likeness (QED) is 0.233. The number of halogens is 4. The summed E-state index contributed by atoms with van der Waals surface area (Å²) in [6, 6.07) is 13.5. The van der Waals surface area contributed by atoms with E-state index in [4.69, 9.17) is 9.15 Å². The molecule has 8 heteroatoms. The third-order valence-electron chi connectivity index (χ3n) is 4.42. The van der Waals surface area contributed by atoms with E-state index in [0.717, 1.165) is 21.3 Å². The van der Waals surface area contributed by atoms with Gasteiger partial charge in [-0.1, -0.05) is 18.2 Å². The highest BCUT2D eigenvalue weighted by Crippen LogP contribution is 2.33. The molecule has 1 aliphatic rings. The third-order valence-corrected chi connectivity index (χ3v) is 5.58. The van der Waals surface area contributed by atoms with Gasteiger partial charge in [-0.3, -0.25) is 0 Å². The highest BCUT2D eigenvalue weighted by molar-refractivity contribution is 14.1. The maximum absolute atomic E-state index is 12.9. The van der Waals surface area contributed by atoms with Crippen molar-refractivity contribution < 1.29 is 27.1 Å². The smallest absolute Gasteiger partial charge is 0.416 e. The number of esters is 1. The predicted octanol–water partition coefficient (Wildman–Crippen LogP) is 6.22. The number of aliphatic imine (C=N–C) groups is 1. The van der Waals surface area contributed by atoms with E-state index in [1.54, 1.807) is 6.07 Å². The van der Waals surface area contributed by atoms with E-state index in [1.165, 1.54) is 24.3 Å². The fraction of sp³-hybridized carbons (Fsp3) is 0.0909. The van der Waals surface area contributed by atoms with Gasteiger partial charge in [-0.05, 0) is 71.5 Å². The summed E-state index contributed by atoms with van der Waals surface area (Å²) in [5, 5.41) is 0. The number of hydrogen-bond acceptors (Lipinski definition) is 4. The molecule has 0 bridgehead atoms. The molecule has 2 heterocycles. The van der Waals surface area contributed by atoms with Crippen LogP contribution in [0.3, 0.4) is 0 Å². The van der Waals surface area contributed by atoms with Crippen LogP contribution in [0.4, 0.5) is 13.2 Å². The largest absolute Gasteiger partial charge is 0.457 e. The van der Waals surface area contributed by atoms with Crippen LogP contribution in [0.2, 0.25) is 0 Å². The zero-order valence-corrected chi connectivity index (χ0v) is 17.6. The van der Waals surface area contributed by atoms with Crippen molar-refractivity contribution in [3.63, 3.8) is 0 Å². The van der Waals surface area contributed by atoms with Crippen LogP contribution in [0.5, 0.6) is 0 Å². The summed E-state index contributed by atoms with van der Waals surface area (Å²) in [6.45, 7) is 1.97. The molecule has 0 atom stereocenters. The van der Waals surface area contributed by atoms with E-state index in [0.29, 0.717) is 5.56 Å². The van der Waals surface area contributed by atoms with E-state index in [9.17, 15) is 18.0 Å². The highest BCUT2D eigenvalue weighted by atomic mass is 127. The van der Waals surface area contributed by atoms with Gasteiger partial charge in [-0.2, -0.15) is 13.2 Å². The summed E-state index contributed by atoms with van der Waals surface area (Å²) in [5.41, 5.74) is 1.33. The molecule has 1 aliphatic heterocycles. The Hall–Kier alpha value is -2.88. The lowest BCUT2D eigenvalue weighted by atomic mass is 10.1. The lowest BCUT2D eigenvalue weighted by Crippen LogP contribution is -2.05. The molecular weight excluding hydrogens is 510 g/mol. The van der Waals surface area contributed by atoms with Gasteiger partial charge < -0.3 is 9.15 Å². The first-order chi connectivity index (χ1) is 14.2. The lowest BCUT2D eigenvalue weighted by molar-refractivity contribution is -0.137. The van der Waals surface area contributed by atoms with Crippen LogP contribution in [0.15, 0.2) is 69.7 Å². The molecule has 2 aromatic carbocycles. The van der Waals surface area contributed by atoms with Gasteiger partial charge in [0.25, 0.3) is 0 Å². The Morgan fingerprint density at radius 3 is 2.57 bits per heavy atom. The number of furan rings is 1. The van der Waals surface area contributed by atoms with E-state index in [-0.39, 0.29) is 28.7 Å². The molecular formula is C22H13F3INO3. The number of nitrogens with zero attached hydrogens (tertiary/aromatic N) is 1. The first kappa shape index (κ1) is 20.4. The van der Waals surface area contributed by atoms with Crippen molar-refractivity contribution in [2.75, 3.05) is 0 Å². The molecule has 0 spiro atoms. The molecule has 152 valence electrons. The normalized spacial score (nSPS) is 15.4. The number of rotatable bonds is 3. The Labute approximate surface area is 183 Å². The Bertz CT molecular complexity index is 1210. The van der Waals surface area contributed by atoms with Crippen LogP contribution in [0, 0.1) is 10.5 Å². The zero-order chi connectivity index (χ0) is 21.5. The van der Waals surface area contributed by atoms with Crippen LogP contribution < -0.4 is 0 Å². The topological polar surface area (TPSA) is 51.8 Å². The molecule has 0 aliphatic carbocycles. The molecule has 0 saturated heterocycles. The second-order valence-electron chi connectivity index (χ2n) is 6.58. The summed E-state index contributed by atoms with van der Waals surface area (Å²) in [6.07, 6.45) is -3.05. The van der Waals surface area contributed by atoms with Crippen molar-refractivity contribution in [2.45, 2.75) is 13.1 Å². The van der Waals surface area contributed by atoms with Crippen LogP contribution in [0.1, 0.15) is 22.5 Å². The van der Waals surface area contributed by atoms with Gasteiger partial charge in [-0.15, -0.1) is 0 Å². The van der Waals surface area contributed by atoms with Crippen molar-refractivity contribution >= 4 is 40.5 Å². The molecule has 0 radical (unpaired) electrons. The molecule has 4 rings (SSSR count). The van der Waals surface area contributed by atoms with E-state index < -0.39 is 17.7 Å². The fourth-order valence-electron chi connectivity index (χ4n) is 2.83. The van der Waals surface area contributed by atoms with E-state index in [1.807, 2.05) is 25.1 Å². The maximum atomic E-state index is 12.9. The molecule has 0 saturated carbocycles. The third kappa shape index (κ3) is 4.18. The molecule has 4 nitrogen and oxygen atoms in total. The standard InChI is InChI=1S/C22H13F3INO3/c1-12-5-6-14(10-17(12)26)20-27-18(21(28)30-20)11-16-7-8-19(29-16)13-3-2-4-15(9-13)22(23,24)25/h2-11H,1H3/b18-11-. The summed E-state index contributed by atoms with van der Waals surface area (Å²) >= 11 is 2.19. The zero-order valence-electron chi connectivity index (χ0n) is 15.5. The molecule has 0 unspecified atom stereocenters. The molecule has 0 fully saturated rings. The van der Waals surface area contributed by atoms with Crippen LogP contribution in [-0.2, 0) is 15.7 Å². The fourth-order valence-corrected chi connectivity index (χ4v) is 3.34. The van der Waals surface area contributed by atoms with Gasteiger partial charge in [0, 0.05) is 20.8 Å². The minimum Gasteiger partial charge on any atom is -0.457 e. The SMILES string of the molecule is Cc1ccc(C2=N/C(=C\c3ccc(-c4cccc(C(F)(F)F)c4)o3)C(=O)O2)cc1I. The average Bonchev–Trinajstić information content (AvgIpc) is 3.31. The van der Waals surface area contributed by atoms with Crippen molar-refractivity contribution in [3.8, 4) is 11.3 Å². The molecule has 1 aromatic heterocycles. The predicted molar refractivity (Wildman–Crippen MR) is 114 cm³/mol. The maximum Gasteiger partial charge on any atom is 0.416 e. The molecule has 30 heavy (non-hydrogen) atoms. The van der Waals surface area contributed by atoms with Gasteiger partial charge in [0.1, 0.15) is 11.5 Å². The molecule has 0 amide bonds. The molecule has 0 N–H and O–H groups in total. The number of carbonyl (C=O) groups excluding carboxylic acids is 1. The number of cyclic esters (lactones) is 1. The van der Waals surface area contributed by atoms with Gasteiger partial charge in [0.2, 0.25) is 5.90 Å². The number of carbonyl (C=O) groups is 1. The van der Waals surface area contributed by atoms with Gasteiger partial charge in [-0.25, -0.2) is 9.79 Å². The number of ether oxygens (including phenoxy) is 1. The van der Waals surface area contributed by atoms with Gasteiger partial charge >= 0.3 is 12.1 Å². The monoisotopic (exact) mass is 523 g/mol. The van der Waals surface area contributed by atoms with Gasteiger partial charge in [0.05, 0.1) is 5.56 Å². The Kier molecular flexibility index (Phi) is 5.27. The Morgan fingerprint density at radius 2 is 1.83 bits per heavy atom.